The van der Waals surface area contributed by atoms with Crippen molar-refractivity contribution in [2.45, 2.75) is 69.9 Å². The molecular formula is C36H42Cl2N4OS. The van der Waals surface area contributed by atoms with Gasteiger partial charge in [-0.15, -0.1) is 0 Å². The third-order valence-electron chi connectivity index (χ3n) is 8.35. The van der Waals surface area contributed by atoms with E-state index in [2.05, 4.69) is 74.6 Å². The number of halogens is 2. The summed E-state index contributed by atoms with van der Waals surface area (Å²) in [7, 11) is 3.65. The Bertz CT molecular complexity index is 1500. The predicted molar refractivity (Wildman–Crippen MR) is 183 cm³/mol. The second kappa shape index (κ2) is 15.6. The molecule has 4 rings (SSSR count). The monoisotopic (exact) mass is 648 g/mol. The summed E-state index contributed by atoms with van der Waals surface area (Å²) < 4.78 is 7.44. The molecule has 44 heavy (non-hydrogen) atoms. The van der Waals surface area contributed by atoms with Crippen LogP contribution < -0.4 is 5.32 Å². The van der Waals surface area contributed by atoms with Gasteiger partial charge in [-0.3, -0.25) is 0 Å². The van der Waals surface area contributed by atoms with Crippen LogP contribution in [0.3, 0.4) is 0 Å². The van der Waals surface area contributed by atoms with E-state index in [1.165, 1.54) is 23.1 Å². The largest absolute Gasteiger partial charge is 0.380 e. The quantitative estimate of drug-likeness (QED) is 0.176. The molecule has 8 heteroatoms. The van der Waals surface area contributed by atoms with Gasteiger partial charge in [-0.05, 0) is 129 Å². The summed E-state index contributed by atoms with van der Waals surface area (Å²) >= 11 is 15.1. The SMILES string of the molecule is COCc1cc(-c2cc(Cl)c(SN(C)CC(C#N)CNC(C)(C)CC3Cc4ccccc4C3)c(Cl)c2)c(CCC#N)cc1C. The second-order valence-corrected chi connectivity index (χ2v) is 14.6. The van der Waals surface area contributed by atoms with Crippen molar-refractivity contribution in [3.8, 4) is 23.3 Å². The van der Waals surface area contributed by atoms with E-state index in [0.717, 1.165) is 52.0 Å². The van der Waals surface area contributed by atoms with Crippen LogP contribution in [0, 0.1) is 41.4 Å². The van der Waals surface area contributed by atoms with Crippen molar-refractivity contribution in [1.82, 2.24) is 9.62 Å². The summed E-state index contributed by atoms with van der Waals surface area (Å²) in [5.74, 6) is 0.425. The average Bonchev–Trinajstić information content (AvgIpc) is 3.38. The van der Waals surface area contributed by atoms with Crippen molar-refractivity contribution in [2.24, 2.45) is 11.8 Å². The number of hydrogen-bond donors (Lipinski definition) is 1. The topological polar surface area (TPSA) is 72.1 Å². The molecule has 0 bridgehead atoms. The van der Waals surface area contributed by atoms with Crippen molar-refractivity contribution in [2.75, 3.05) is 27.2 Å². The molecule has 0 spiro atoms. The summed E-state index contributed by atoms with van der Waals surface area (Å²) in [5, 5.41) is 24.0. The number of nitrogens with zero attached hydrogens (tertiary/aromatic N) is 3. The normalized spacial score (nSPS) is 14.0. The molecule has 1 atom stereocenters. The van der Waals surface area contributed by atoms with Crippen LogP contribution in [0.5, 0.6) is 0 Å². The van der Waals surface area contributed by atoms with Crippen molar-refractivity contribution < 1.29 is 4.74 Å². The molecule has 0 amide bonds. The summed E-state index contributed by atoms with van der Waals surface area (Å²) in [5.41, 5.74) is 8.09. The Balaban J connectivity index is 1.39. The highest BCUT2D eigenvalue weighted by Gasteiger charge is 2.29. The van der Waals surface area contributed by atoms with Crippen LogP contribution in [-0.2, 0) is 30.6 Å². The van der Waals surface area contributed by atoms with E-state index in [1.54, 1.807) is 7.11 Å². The number of ether oxygens (including phenoxy) is 1. The maximum atomic E-state index is 9.97. The lowest BCUT2D eigenvalue weighted by molar-refractivity contribution is 0.184. The molecule has 3 aromatic carbocycles. The fourth-order valence-corrected chi connectivity index (χ4v) is 7.79. The number of nitriles is 2. The predicted octanol–water partition coefficient (Wildman–Crippen LogP) is 8.82. The number of fused-ring (bicyclic) bond motifs is 1. The first-order chi connectivity index (χ1) is 21.0. The molecule has 0 fully saturated rings. The molecule has 1 N–H and O–H groups in total. The van der Waals surface area contributed by atoms with Gasteiger partial charge in [0.2, 0.25) is 0 Å². The first-order valence-electron chi connectivity index (χ1n) is 15.1. The van der Waals surface area contributed by atoms with Crippen molar-refractivity contribution >= 4 is 35.1 Å². The minimum absolute atomic E-state index is 0.0683. The van der Waals surface area contributed by atoms with Crippen LogP contribution in [0.4, 0.5) is 0 Å². The standard InChI is InChI=1S/C36H42Cl2N4OS/c1-24-13-29(11-8-12-39)32(16-31(24)23-43-5)30-17-33(37)35(34(38)18-30)44-42(4)22-26(20-40)21-41-36(2,3)19-25-14-27-9-6-7-10-28(27)15-25/h6-7,9-10,13,16-18,25-26,41H,8,11,14-15,19,21-23H2,1-5H3. The fourth-order valence-electron chi connectivity index (χ4n) is 6.23. The molecule has 0 saturated heterocycles. The van der Waals surface area contributed by atoms with E-state index in [0.29, 0.717) is 48.5 Å². The van der Waals surface area contributed by atoms with Crippen LogP contribution in [-0.4, -0.2) is 37.1 Å². The molecular weight excluding hydrogens is 607 g/mol. The van der Waals surface area contributed by atoms with Crippen LogP contribution in [0.15, 0.2) is 53.4 Å². The molecule has 0 radical (unpaired) electrons. The Morgan fingerprint density at radius 3 is 2.32 bits per heavy atom. The van der Waals surface area contributed by atoms with Crippen molar-refractivity contribution in [1.29, 1.82) is 10.5 Å². The number of hydrogen-bond acceptors (Lipinski definition) is 6. The van der Waals surface area contributed by atoms with Crippen LogP contribution in [0.2, 0.25) is 10.0 Å². The first-order valence-corrected chi connectivity index (χ1v) is 16.6. The van der Waals surface area contributed by atoms with Gasteiger partial charge in [0.25, 0.3) is 0 Å². The Labute approximate surface area is 277 Å². The average molecular weight is 650 g/mol. The maximum Gasteiger partial charge on any atom is 0.0724 e. The van der Waals surface area contributed by atoms with Gasteiger partial charge in [0.15, 0.2) is 0 Å². The molecule has 0 aromatic heterocycles. The Morgan fingerprint density at radius 1 is 1.07 bits per heavy atom. The lowest BCUT2D eigenvalue weighted by atomic mass is 9.88. The van der Waals surface area contributed by atoms with Crippen LogP contribution in [0.1, 0.15) is 54.5 Å². The highest BCUT2D eigenvalue weighted by molar-refractivity contribution is 7.97. The minimum Gasteiger partial charge on any atom is -0.380 e. The molecule has 1 aliphatic carbocycles. The highest BCUT2D eigenvalue weighted by Crippen LogP contribution is 2.41. The number of aryl methyl sites for hydroxylation is 2. The van der Waals surface area contributed by atoms with Gasteiger partial charge in [-0.25, -0.2) is 4.31 Å². The van der Waals surface area contributed by atoms with Crippen molar-refractivity contribution in [3.05, 3.63) is 86.4 Å². The smallest absolute Gasteiger partial charge is 0.0724 e. The van der Waals surface area contributed by atoms with Gasteiger partial charge in [-0.1, -0.05) is 53.5 Å². The summed E-state index contributed by atoms with van der Waals surface area (Å²) in [6, 6.07) is 21.6. The lowest BCUT2D eigenvalue weighted by Crippen LogP contribution is -2.44. The van der Waals surface area contributed by atoms with Gasteiger partial charge in [0, 0.05) is 32.2 Å². The number of nitrogens with one attached hydrogen (secondary N) is 1. The lowest BCUT2D eigenvalue weighted by Gasteiger charge is -2.31. The van der Waals surface area contributed by atoms with E-state index < -0.39 is 0 Å². The number of benzene rings is 3. The number of methoxy groups -OCH3 is 1. The van der Waals surface area contributed by atoms with Gasteiger partial charge < -0.3 is 10.1 Å². The molecule has 0 aliphatic heterocycles. The zero-order chi connectivity index (χ0) is 31.9. The van der Waals surface area contributed by atoms with E-state index in [4.69, 9.17) is 27.9 Å². The minimum atomic E-state index is -0.196. The van der Waals surface area contributed by atoms with Gasteiger partial charge in [0.05, 0.1) is 39.6 Å². The highest BCUT2D eigenvalue weighted by atomic mass is 35.5. The third kappa shape index (κ3) is 9.01. The van der Waals surface area contributed by atoms with E-state index in [1.807, 2.05) is 23.5 Å². The van der Waals surface area contributed by atoms with E-state index in [-0.39, 0.29) is 11.5 Å². The molecule has 1 unspecified atom stereocenters. The fraction of sp³-hybridized carbons (Fsp3) is 0.444. The molecule has 0 saturated carbocycles. The summed E-state index contributed by atoms with van der Waals surface area (Å²) in [6.07, 6.45) is 4.39. The molecule has 3 aromatic rings. The zero-order valence-electron chi connectivity index (χ0n) is 26.3. The Kier molecular flexibility index (Phi) is 12.2. The number of rotatable bonds is 14. The van der Waals surface area contributed by atoms with Crippen molar-refractivity contribution in [3.63, 3.8) is 0 Å². The second-order valence-electron chi connectivity index (χ2n) is 12.5. The van der Waals surface area contributed by atoms with E-state index in [9.17, 15) is 10.5 Å². The molecule has 232 valence electrons. The summed E-state index contributed by atoms with van der Waals surface area (Å²) in [6.45, 7) is 8.20. The molecule has 1 aliphatic rings. The zero-order valence-corrected chi connectivity index (χ0v) is 28.7. The first kappa shape index (κ1) is 34.3. The van der Waals surface area contributed by atoms with Gasteiger partial charge >= 0.3 is 0 Å². The third-order valence-corrected chi connectivity index (χ3v) is 10.2. The Hall–Kier alpha value is -2.55. The van der Waals surface area contributed by atoms with Crippen LogP contribution >= 0.6 is 35.1 Å². The summed E-state index contributed by atoms with van der Waals surface area (Å²) in [4.78, 5) is 0.758. The van der Waals surface area contributed by atoms with Crippen LogP contribution in [0.25, 0.3) is 11.1 Å². The molecule has 0 heterocycles. The maximum absolute atomic E-state index is 9.97. The van der Waals surface area contributed by atoms with Gasteiger partial charge in [0.1, 0.15) is 0 Å². The van der Waals surface area contributed by atoms with E-state index >= 15 is 0 Å². The Morgan fingerprint density at radius 2 is 1.73 bits per heavy atom. The molecule has 5 nitrogen and oxygen atoms in total. The van der Waals surface area contributed by atoms with Gasteiger partial charge in [-0.2, -0.15) is 10.5 Å².